The summed E-state index contributed by atoms with van der Waals surface area (Å²) in [5, 5.41) is 5.35. The number of pyridine rings is 1. The van der Waals surface area contributed by atoms with Gasteiger partial charge in [0.15, 0.2) is 0 Å². The van der Waals surface area contributed by atoms with Crippen LogP contribution in [-0.2, 0) is 16.1 Å². The number of carbonyl (C=O) groups is 2. The molecule has 0 saturated heterocycles. The van der Waals surface area contributed by atoms with Crippen LogP contribution in [0.15, 0.2) is 37.2 Å². The van der Waals surface area contributed by atoms with Crippen molar-refractivity contribution in [3.63, 3.8) is 0 Å². The van der Waals surface area contributed by atoms with Gasteiger partial charge in [0.2, 0.25) is 11.8 Å². The summed E-state index contributed by atoms with van der Waals surface area (Å²) in [4.78, 5) is 27.8. The van der Waals surface area contributed by atoms with E-state index in [4.69, 9.17) is 0 Å². The molecule has 102 valence electrons. The predicted octanol–water partition coefficient (Wildman–Crippen LogP) is 1.03. The van der Waals surface area contributed by atoms with Crippen LogP contribution in [0.4, 0.5) is 0 Å². The number of hydrogen-bond acceptors (Lipinski definition) is 3. The molecule has 1 rings (SSSR count). The standard InChI is InChI=1S/C14H19N3O2/c1-4-7-16-12(18)14(2,3)13(19)17-10-11-6-5-8-15-9-11/h4-6,8-9H,1,7,10H2,2-3H3,(H,16,18)(H,17,19). The van der Waals surface area contributed by atoms with Crippen molar-refractivity contribution in [2.45, 2.75) is 20.4 Å². The lowest BCUT2D eigenvalue weighted by atomic mass is 9.91. The molecule has 0 bridgehead atoms. The largest absolute Gasteiger partial charge is 0.352 e. The Kier molecular flexibility index (Phi) is 5.23. The molecule has 0 spiro atoms. The highest BCUT2D eigenvalue weighted by atomic mass is 16.2. The van der Waals surface area contributed by atoms with E-state index in [1.807, 2.05) is 6.07 Å². The predicted molar refractivity (Wildman–Crippen MR) is 73.1 cm³/mol. The summed E-state index contributed by atoms with van der Waals surface area (Å²) < 4.78 is 0. The summed E-state index contributed by atoms with van der Waals surface area (Å²) in [5.41, 5.74) is -0.233. The van der Waals surface area contributed by atoms with Crippen LogP contribution in [0.3, 0.4) is 0 Å². The molecule has 1 aromatic rings. The minimum absolute atomic E-state index is 0.321. The molecule has 0 aliphatic carbocycles. The van der Waals surface area contributed by atoms with Gasteiger partial charge in [-0.05, 0) is 25.5 Å². The molecule has 0 aliphatic heterocycles. The van der Waals surface area contributed by atoms with Crippen LogP contribution in [0.5, 0.6) is 0 Å². The smallest absolute Gasteiger partial charge is 0.235 e. The van der Waals surface area contributed by atoms with Crippen molar-refractivity contribution in [2.24, 2.45) is 5.41 Å². The van der Waals surface area contributed by atoms with E-state index >= 15 is 0 Å². The maximum atomic E-state index is 12.0. The van der Waals surface area contributed by atoms with E-state index in [0.717, 1.165) is 5.56 Å². The Hall–Kier alpha value is -2.17. The topological polar surface area (TPSA) is 71.1 Å². The Morgan fingerprint density at radius 2 is 2.05 bits per heavy atom. The van der Waals surface area contributed by atoms with Gasteiger partial charge < -0.3 is 10.6 Å². The summed E-state index contributed by atoms with van der Waals surface area (Å²) in [6.45, 7) is 7.39. The van der Waals surface area contributed by atoms with Gasteiger partial charge in [-0.3, -0.25) is 14.6 Å². The highest BCUT2D eigenvalue weighted by molar-refractivity contribution is 6.04. The van der Waals surface area contributed by atoms with Crippen LogP contribution >= 0.6 is 0 Å². The van der Waals surface area contributed by atoms with Crippen LogP contribution in [-0.4, -0.2) is 23.3 Å². The van der Waals surface area contributed by atoms with Crippen molar-refractivity contribution < 1.29 is 9.59 Å². The van der Waals surface area contributed by atoms with Gasteiger partial charge in [-0.1, -0.05) is 12.1 Å². The fourth-order valence-electron chi connectivity index (χ4n) is 1.39. The first-order valence-corrected chi connectivity index (χ1v) is 6.05. The molecule has 0 fully saturated rings. The molecule has 2 amide bonds. The second kappa shape index (κ2) is 6.68. The zero-order valence-electron chi connectivity index (χ0n) is 11.3. The van der Waals surface area contributed by atoms with Crippen molar-refractivity contribution >= 4 is 11.8 Å². The molecule has 5 nitrogen and oxygen atoms in total. The van der Waals surface area contributed by atoms with Crippen molar-refractivity contribution in [1.82, 2.24) is 15.6 Å². The first-order chi connectivity index (χ1) is 8.98. The minimum atomic E-state index is -1.12. The highest BCUT2D eigenvalue weighted by Crippen LogP contribution is 2.15. The molecule has 1 aromatic heterocycles. The summed E-state index contributed by atoms with van der Waals surface area (Å²) in [7, 11) is 0. The van der Waals surface area contributed by atoms with Crippen molar-refractivity contribution in [2.75, 3.05) is 6.54 Å². The number of rotatable bonds is 6. The van der Waals surface area contributed by atoms with Crippen LogP contribution in [0.25, 0.3) is 0 Å². The first kappa shape index (κ1) is 14.9. The van der Waals surface area contributed by atoms with Crippen LogP contribution < -0.4 is 10.6 Å². The fraction of sp³-hybridized carbons (Fsp3) is 0.357. The average Bonchev–Trinajstić information content (AvgIpc) is 2.42. The quantitative estimate of drug-likeness (QED) is 0.593. The number of aromatic nitrogens is 1. The second-order valence-corrected chi connectivity index (χ2v) is 4.67. The third-order valence-corrected chi connectivity index (χ3v) is 2.72. The summed E-state index contributed by atoms with van der Waals surface area (Å²) in [5.74, 6) is -0.644. The monoisotopic (exact) mass is 261 g/mol. The second-order valence-electron chi connectivity index (χ2n) is 4.67. The molecule has 1 heterocycles. The fourth-order valence-corrected chi connectivity index (χ4v) is 1.39. The van der Waals surface area contributed by atoms with Gasteiger partial charge in [0, 0.05) is 25.5 Å². The normalized spacial score (nSPS) is 10.6. The first-order valence-electron chi connectivity index (χ1n) is 6.05. The van der Waals surface area contributed by atoms with Crippen molar-refractivity contribution in [3.8, 4) is 0 Å². The third kappa shape index (κ3) is 4.21. The Morgan fingerprint density at radius 1 is 1.37 bits per heavy atom. The molecular weight excluding hydrogens is 242 g/mol. The van der Waals surface area contributed by atoms with E-state index in [1.165, 1.54) is 0 Å². The zero-order chi connectivity index (χ0) is 14.3. The van der Waals surface area contributed by atoms with Crippen LogP contribution in [0, 0.1) is 5.41 Å². The minimum Gasteiger partial charge on any atom is -0.352 e. The Morgan fingerprint density at radius 3 is 2.63 bits per heavy atom. The van der Waals surface area contributed by atoms with E-state index in [0.29, 0.717) is 13.1 Å². The van der Waals surface area contributed by atoms with Gasteiger partial charge in [-0.2, -0.15) is 0 Å². The van der Waals surface area contributed by atoms with Gasteiger partial charge in [-0.25, -0.2) is 0 Å². The Balaban J connectivity index is 2.56. The molecule has 5 heteroatoms. The van der Waals surface area contributed by atoms with E-state index in [9.17, 15) is 9.59 Å². The highest BCUT2D eigenvalue weighted by Gasteiger charge is 2.35. The molecule has 0 aromatic carbocycles. The lowest BCUT2D eigenvalue weighted by molar-refractivity contribution is -0.141. The average molecular weight is 261 g/mol. The third-order valence-electron chi connectivity index (χ3n) is 2.72. The summed E-state index contributed by atoms with van der Waals surface area (Å²) in [6.07, 6.45) is 4.91. The summed E-state index contributed by atoms with van der Waals surface area (Å²) in [6, 6.07) is 3.65. The van der Waals surface area contributed by atoms with E-state index in [-0.39, 0.29) is 11.8 Å². The van der Waals surface area contributed by atoms with Crippen LogP contribution in [0.2, 0.25) is 0 Å². The van der Waals surface area contributed by atoms with Gasteiger partial charge in [0.25, 0.3) is 0 Å². The molecule has 0 radical (unpaired) electrons. The van der Waals surface area contributed by atoms with E-state index in [2.05, 4.69) is 22.2 Å². The van der Waals surface area contributed by atoms with Gasteiger partial charge in [0.1, 0.15) is 5.41 Å². The number of nitrogens with zero attached hydrogens (tertiary/aromatic N) is 1. The summed E-state index contributed by atoms with van der Waals surface area (Å²) >= 11 is 0. The van der Waals surface area contributed by atoms with E-state index < -0.39 is 5.41 Å². The molecule has 0 unspecified atom stereocenters. The van der Waals surface area contributed by atoms with E-state index in [1.54, 1.807) is 38.4 Å². The van der Waals surface area contributed by atoms with Gasteiger partial charge in [-0.15, -0.1) is 6.58 Å². The van der Waals surface area contributed by atoms with Crippen LogP contribution in [0.1, 0.15) is 19.4 Å². The lowest BCUT2D eigenvalue weighted by Gasteiger charge is -2.22. The Labute approximate surface area is 113 Å². The molecule has 0 aliphatic rings. The lowest BCUT2D eigenvalue weighted by Crippen LogP contribution is -2.47. The van der Waals surface area contributed by atoms with Gasteiger partial charge in [0.05, 0.1) is 0 Å². The number of nitrogens with one attached hydrogen (secondary N) is 2. The SMILES string of the molecule is C=CCNC(=O)C(C)(C)C(=O)NCc1cccnc1. The number of carbonyl (C=O) groups excluding carboxylic acids is 2. The molecule has 0 saturated carbocycles. The number of amides is 2. The van der Waals surface area contributed by atoms with Gasteiger partial charge >= 0.3 is 0 Å². The zero-order valence-corrected chi connectivity index (χ0v) is 11.3. The maximum absolute atomic E-state index is 12.0. The Bertz CT molecular complexity index is 455. The maximum Gasteiger partial charge on any atom is 0.235 e. The molecule has 0 atom stereocenters. The number of hydrogen-bond donors (Lipinski definition) is 2. The van der Waals surface area contributed by atoms with Crippen molar-refractivity contribution in [1.29, 1.82) is 0 Å². The molecule has 19 heavy (non-hydrogen) atoms. The van der Waals surface area contributed by atoms with Crippen molar-refractivity contribution in [3.05, 3.63) is 42.7 Å². The molecular formula is C14H19N3O2. The molecule has 2 N–H and O–H groups in total.